The number of aromatic nitrogens is 1. The van der Waals surface area contributed by atoms with Crippen molar-refractivity contribution in [1.82, 2.24) is 15.2 Å². The predicted octanol–water partition coefficient (Wildman–Crippen LogP) is 3.71. The number of nitrogens with zero attached hydrogens (tertiary/aromatic N) is 3. The summed E-state index contributed by atoms with van der Waals surface area (Å²) in [4.78, 5) is 18.2. The number of halogens is 2. The van der Waals surface area contributed by atoms with Crippen molar-refractivity contribution < 1.29 is 4.79 Å². The summed E-state index contributed by atoms with van der Waals surface area (Å²) < 4.78 is 1.84. The van der Waals surface area contributed by atoms with Crippen LogP contribution in [-0.4, -0.2) is 30.0 Å². The number of hydrogen-bond donors (Lipinski definition) is 2. The van der Waals surface area contributed by atoms with Gasteiger partial charge in [0.2, 0.25) is 5.91 Å². The number of hydrogen-bond acceptors (Lipinski definition) is 2. The molecule has 2 N–H and O–H groups in total. The van der Waals surface area contributed by atoms with E-state index in [9.17, 15) is 4.79 Å². The lowest BCUT2D eigenvalue weighted by Crippen LogP contribution is -2.36. The second-order valence-corrected chi connectivity index (χ2v) is 7.55. The van der Waals surface area contributed by atoms with Crippen LogP contribution >= 0.6 is 23.2 Å². The molecule has 0 aliphatic carbocycles. The van der Waals surface area contributed by atoms with E-state index in [1.54, 1.807) is 7.05 Å². The third-order valence-electron chi connectivity index (χ3n) is 4.91. The number of benzene rings is 1. The Labute approximate surface area is 175 Å². The smallest absolute Gasteiger partial charge is 0.226 e. The first-order valence-corrected chi connectivity index (χ1v) is 10.1. The molecule has 0 atom stereocenters. The fourth-order valence-electron chi connectivity index (χ4n) is 3.21. The van der Waals surface area contributed by atoms with E-state index in [1.165, 1.54) is 0 Å². The first-order valence-electron chi connectivity index (χ1n) is 9.33. The number of amides is 1. The Morgan fingerprint density at radius 3 is 2.46 bits per heavy atom. The Hall–Kier alpha value is -2.18. The van der Waals surface area contributed by atoms with E-state index in [-0.39, 0.29) is 5.91 Å². The van der Waals surface area contributed by atoms with Crippen molar-refractivity contribution in [2.75, 3.05) is 18.5 Å². The first kappa shape index (κ1) is 20.6. The average Bonchev–Trinajstić information content (AvgIpc) is 2.96. The molecule has 2 heterocycles. The summed E-state index contributed by atoms with van der Waals surface area (Å²) in [7, 11) is 3.60. The summed E-state index contributed by atoms with van der Waals surface area (Å²) in [5.74, 6) is 0.895. The van der Waals surface area contributed by atoms with E-state index in [0.717, 1.165) is 36.3 Å². The lowest BCUT2D eigenvalue weighted by atomic mass is 10.1. The van der Waals surface area contributed by atoms with E-state index in [4.69, 9.17) is 23.2 Å². The normalized spacial score (nSPS) is 15.1. The zero-order valence-corrected chi connectivity index (χ0v) is 17.6. The summed E-state index contributed by atoms with van der Waals surface area (Å²) in [6, 6.07) is 9.92. The summed E-state index contributed by atoms with van der Waals surface area (Å²) in [6.07, 6.45) is 2.70. The molecule has 0 radical (unpaired) electrons. The van der Waals surface area contributed by atoms with Gasteiger partial charge in [-0.05, 0) is 36.6 Å². The molecule has 28 heavy (non-hydrogen) atoms. The number of carbonyl (C=O) groups is 1. The minimum absolute atomic E-state index is 0.211. The van der Waals surface area contributed by atoms with Gasteiger partial charge in [-0.25, -0.2) is 0 Å². The fraction of sp³-hybridized carbons (Fsp3) is 0.400. The molecule has 2 aromatic rings. The Morgan fingerprint density at radius 1 is 1.14 bits per heavy atom. The molecule has 150 valence electrons. The van der Waals surface area contributed by atoms with E-state index < -0.39 is 0 Å². The largest absolute Gasteiger partial charge is 0.352 e. The van der Waals surface area contributed by atoms with Crippen LogP contribution in [0.1, 0.15) is 30.5 Å². The lowest BCUT2D eigenvalue weighted by Gasteiger charge is -2.26. The molecule has 0 unspecified atom stereocenters. The SMILES string of the molecule is CN=C(NCc1ccc(N2CCCCC2=O)cc1)NCc1cc(Cl)c(Cl)n1C. The molecule has 0 spiro atoms. The van der Waals surface area contributed by atoms with E-state index in [1.807, 2.05) is 46.8 Å². The van der Waals surface area contributed by atoms with Crippen LogP contribution in [0.5, 0.6) is 0 Å². The highest BCUT2D eigenvalue weighted by Crippen LogP contribution is 2.25. The summed E-state index contributed by atoms with van der Waals surface area (Å²) >= 11 is 12.2. The van der Waals surface area contributed by atoms with Gasteiger partial charge in [-0.15, -0.1) is 0 Å². The number of guanidine groups is 1. The molecule has 0 bridgehead atoms. The van der Waals surface area contributed by atoms with Gasteiger partial charge in [0.05, 0.1) is 11.6 Å². The van der Waals surface area contributed by atoms with Crippen molar-refractivity contribution in [1.29, 1.82) is 0 Å². The summed E-state index contributed by atoms with van der Waals surface area (Å²) in [5, 5.41) is 7.60. The van der Waals surface area contributed by atoms with E-state index >= 15 is 0 Å². The first-order chi connectivity index (χ1) is 13.5. The van der Waals surface area contributed by atoms with Gasteiger partial charge in [-0.1, -0.05) is 35.3 Å². The number of piperidine rings is 1. The molecule has 1 aromatic carbocycles. The van der Waals surface area contributed by atoms with Crippen LogP contribution < -0.4 is 15.5 Å². The van der Waals surface area contributed by atoms with Gasteiger partial charge in [0.25, 0.3) is 0 Å². The van der Waals surface area contributed by atoms with Crippen molar-refractivity contribution in [3.8, 4) is 0 Å². The minimum Gasteiger partial charge on any atom is -0.352 e. The van der Waals surface area contributed by atoms with Gasteiger partial charge in [-0.2, -0.15) is 0 Å². The summed E-state index contributed by atoms with van der Waals surface area (Å²) in [6.45, 7) is 1.99. The number of nitrogens with one attached hydrogen (secondary N) is 2. The Kier molecular flexibility index (Phi) is 6.86. The zero-order chi connectivity index (χ0) is 20.1. The number of carbonyl (C=O) groups excluding carboxylic acids is 1. The van der Waals surface area contributed by atoms with Crippen molar-refractivity contribution in [3.63, 3.8) is 0 Å². The Balaban J connectivity index is 1.53. The van der Waals surface area contributed by atoms with Gasteiger partial charge in [0, 0.05) is 45.0 Å². The lowest BCUT2D eigenvalue weighted by molar-refractivity contribution is -0.119. The standard InChI is InChI=1S/C20H25Cl2N5O/c1-23-20(25-13-16-11-17(21)19(22)26(16)2)24-12-14-6-8-15(9-7-14)27-10-4-3-5-18(27)28/h6-9,11H,3-5,10,12-13H2,1-2H3,(H2,23,24,25). The highest BCUT2D eigenvalue weighted by atomic mass is 35.5. The Bertz CT molecular complexity index is 860. The highest BCUT2D eigenvalue weighted by molar-refractivity contribution is 6.41. The van der Waals surface area contributed by atoms with Gasteiger partial charge < -0.3 is 20.1 Å². The molecule has 1 aliphatic rings. The van der Waals surface area contributed by atoms with E-state index in [0.29, 0.717) is 35.6 Å². The molecule has 1 saturated heterocycles. The molecule has 1 aliphatic heterocycles. The molecule has 1 aromatic heterocycles. The highest BCUT2D eigenvalue weighted by Gasteiger charge is 2.19. The molecule has 1 amide bonds. The summed E-state index contributed by atoms with van der Waals surface area (Å²) in [5.41, 5.74) is 3.04. The van der Waals surface area contributed by atoms with E-state index in [2.05, 4.69) is 15.6 Å². The van der Waals surface area contributed by atoms with Crippen molar-refractivity contribution in [3.05, 3.63) is 51.8 Å². The molecule has 1 fully saturated rings. The van der Waals surface area contributed by atoms with Gasteiger partial charge >= 0.3 is 0 Å². The number of aliphatic imine (C=N–C) groups is 1. The van der Waals surface area contributed by atoms with Crippen molar-refractivity contribution in [2.24, 2.45) is 12.0 Å². The molecule has 6 nitrogen and oxygen atoms in total. The maximum absolute atomic E-state index is 12.0. The predicted molar refractivity (Wildman–Crippen MR) is 115 cm³/mol. The monoisotopic (exact) mass is 421 g/mol. The molecular weight excluding hydrogens is 397 g/mol. The van der Waals surface area contributed by atoms with Crippen molar-refractivity contribution >= 4 is 40.8 Å². The van der Waals surface area contributed by atoms with Crippen LogP contribution in [0.3, 0.4) is 0 Å². The van der Waals surface area contributed by atoms with Crippen LogP contribution in [0.15, 0.2) is 35.3 Å². The second-order valence-electron chi connectivity index (χ2n) is 6.78. The van der Waals surface area contributed by atoms with Gasteiger partial charge in [0.1, 0.15) is 5.15 Å². The molecule has 8 heteroatoms. The third kappa shape index (κ3) is 4.80. The second kappa shape index (κ2) is 9.34. The average molecular weight is 422 g/mol. The quantitative estimate of drug-likeness (QED) is 0.571. The maximum atomic E-state index is 12.0. The number of anilines is 1. The van der Waals surface area contributed by atoms with Gasteiger partial charge in [0.15, 0.2) is 5.96 Å². The molecular formula is C20H25Cl2N5O. The molecule has 3 rings (SSSR count). The van der Waals surface area contributed by atoms with Crippen LogP contribution in [0.25, 0.3) is 0 Å². The zero-order valence-electron chi connectivity index (χ0n) is 16.1. The van der Waals surface area contributed by atoms with Crippen LogP contribution in [-0.2, 0) is 24.9 Å². The Morgan fingerprint density at radius 2 is 1.86 bits per heavy atom. The van der Waals surface area contributed by atoms with Gasteiger partial charge in [-0.3, -0.25) is 9.79 Å². The van der Waals surface area contributed by atoms with Crippen molar-refractivity contribution in [2.45, 2.75) is 32.4 Å². The maximum Gasteiger partial charge on any atom is 0.226 e. The number of rotatable bonds is 5. The van der Waals surface area contributed by atoms with Crippen LogP contribution in [0.4, 0.5) is 5.69 Å². The van der Waals surface area contributed by atoms with Crippen LogP contribution in [0, 0.1) is 0 Å². The fourth-order valence-corrected chi connectivity index (χ4v) is 3.63. The topological polar surface area (TPSA) is 61.7 Å². The third-order valence-corrected chi connectivity index (χ3v) is 5.75. The minimum atomic E-state index is 0.211. The molecule has 0 saturated carbocycles. The van der Waals surface area contributed by atoms with Crippen LogP contribution in [0.2, 0.25) is 10.2 Å².